The van der Waals surface area contributed by atoms with Crippen LogP contribution in [0.15, 0.2) is 48.5 Å². The molecular weight excluding hydrogens is 246 g/mol. The molecule has 0 fully saturated rings. The van der Waals surface area contributed by atoms with Crippen molar-refractivity contribution in [3.8, 4) is 5.75 Å². The predicted octanol–water partition coefficient (Wildman–Crippen LogP) is 3.66. The minimum atomic E-state index is 0.0958. The number of nitrogens with one attached hydrogen (secondary N) is 1. The summed E-state index contributed by atoms with van der Waals surface area (Å²) < 4.78 is 5.41. The summed E-state index contributed by atoms with van der Waals surface area (Å²) in [5, 5.41) is 3.98. The third-order valence-corrected chi connectivity index (χ3v) is 3.16. The van der Waals surface area contributed by atoms with Gasteiger partial charge in [-0.05, 0) is 24.7 Å². The molecule has 94 valence electrons. The van der Waals surface area contributed by atoms with Gasteiger partial charge in [-0.3, -0.25) is 0 Å². The van der Waals surface area contributed by atoms with Gasteiger partial charge in [-0.1, -0.05) is 48.0 Å². The molecular formula is C15H16ClNO. The molecule has 0 saturated carbocycles. The minimum absolute atomic E-state index is 0.0958. The Morgan fingerprint density at radius 2 is 1.83 bits per heavy atom. The fourth-order valence-corrected chi connectivity index (χ4v) is 2.23. The highest BCUT2D eigenvalue weighted by Gasteiger charge is 2.16. The summed E-state index contributed by atoms with van der Waals surface area (Å²) in [5.74, 6) is 0.797. The monoisotopic (exact) mass is 261 g/mol. The van der Waals surface area contributed by atoms with Crippen molar-refractivity contribution in [2.75, 3.05) is 14.2 Å². The Balaban J connectivity index is 2.45. The van der Waals surface area contributed by atoms with Crippen molar-refractivity contribution in [2.24, 2.45) is 0 Å². The number of hydrogen-bond donors (Lipinski definition) is 1. The molecule has 3 heteroatoms. The third kappa shape index (κ3) is 2.66. The Morgan fingerprint density at radius 1 is 1.11 bits per heavy atom. The molecule has 0 amide bonds. The van der Waals surface area contributed by atoms with Crippen LogP contribution < -0.4 is 10.1 Å². The number of benzene rings is 2. The molecule has 0 heterocycles. The van der Waals surface area contributed by atoms with Crippen LogP contribution in [0.1, 0.15) is 17.2 Å². The van der Waals surface area contributed by atoms with E-state index in [1.54, 1.807) is 7.11 Å². The molecule has 0 aliphatic carbocycles. The first-order valence-electron chi connectivity index (χ1n) is 5.82. The minimum Gasteiger partial charge on any atom is -0.496 e. The lowest BCUT2D eigenvalue weighted by Gasteiger charge is -2.20. The molecule has 2 nitrogen and oxygen atoms in total. The van der Waals surface area contributed by atoms with Gasteiger partial charge >= 0.3 is 0 Å². The molecule has 0 aromatic heterocycles. The summed E-state index contributed by atoms with van der Waals surface area (Å²) in [6.07, 6.45) is 0. The maximum Gasteiger partial charge on any atom is 0.125 e. The first kappa shape index (κ1) is 12.9. The molecule has 0 saturated heterocycles. The largest absolute Gasteiger partial charge is 0.496 e. The van der Waals surface area contributed by atoms with Crippen molar-refractivity contribution in [2.45, 2.75) is 6.04 Å². The van der Waals surface area contributed by atoms with E-state index in [2.05, 4.69) is 17.4 Å². The van der Waals surface area contributed by atoms with Gasteiger partial charge in [-0.15, -0.1) is 0 Å². The lowest BCUT2D eigenvalue weighted by atomic mass is 9.98. The number of methoxy groups -OCH3 is 1. The Labute approximate surface area is 113 Å². The summed E-state index contributed by atoms with van der Waals surface area (Å²) in [7, 11) is 3.60. The molecule has 1 N–H and O–H groups in total. The van der Waals surface area contributed by atoms with E-state index in [0.29, 0.717) is 5.02 Å². The average Bonchev–Trinajstić information content (AvgIpc) is 2.42. The smallest absolute Gasteiger partial charge is 0.125 e. The summed E-state index contributed by atoms with van der Waals surface area (Å²) >= 11 is 5.99. The van der Waals surface area contributed by atoms with E-state index in [1.165, 1.54) is 5.56 Å². The quantitative estimate of drug-likeness (QED) is 0.907. The Hall–Kier alpha value is -1.51. The molecule has 2 aromatic carbocycles. The van der Waals surface area contributed by atoms with Gasteiger partial charge in [0.1, 0.15) is 5.75 Å². The zero-order valence-electron chi connectivity index (χ0n) is 10.5. The van der Waals surface area contributed by atoms with Crippen LogP contribution in [0.4, 0.5) is 0 Å². The van der Waals surface area contributed by atoms with Crippen molar-refractivity contribution in [3.63, 3.8) is 0 Å². The summed E-state index contributed by atoms with van der Waals surface area (Å²) in [4.78, 5) is 0. The Bertz CT molecular complexity index is 513. The SMILES string of the molecule is CNC(c1ccccc1)c1ccc(Cl)cc1OC. The second kappa shape index (κ2) is 5.89. The van der Waals surface area contributed by atoms with Crippen LogP contribution in [0.3, 0.4) is 0 Å². The number of hydrogen-bond acceptors (Lipinski definition) is 2. The molecule has 2 aromatic rings. The van der Waals surface area contributed by atoms with Gasteiger partial charge < -0.3 is 10.1 Å². The summed E-state index contributed by atoms with van der Waals surface area (Å²) in [6.45, 7) is 0. The molecule has 1 atom stereocenters. The number of ether oxygens (including phenoxy) is 1. The predicted molar refractivity (Wildman–Crippen MR) is 75.3 cm³/mol. The van der Waals surface area contributed by atoms with Crippen LogP contribution in [0.5, 0.6) is 5.75 Å². The van der Waals surface area contributed by atoms with Crippen molar-refractivity contribution in [3.05, 3.63) is 64.7 Å². The second-order valence-corrected chi connectivity index (χ2v) is 4.46. The van der Waals surface area contributed by atoms with E-state index >= 15 is 0 Å². The van der Waals surface area contributed by atoms with Gasteiger partial charge in [0.15, 0.2) is 0 Å². The number of halogens is 1. The van der Waals surface area contributed by atoms with Crippen molar-refractivity contribution >= 4 is 11.6 Å². The maximum absolute atomic E-state index is 5.99. The van der Waals surface area contributed by atoms with Gasteiger partial charge in [-0.2, -0.15) is 0 Å². The number of rotatable bonds is 4. The van der Waals surface area contributed by atoms with Gasteiger partial charge in [0.25, 0.3) is 0 Å². The normalized spacial score (nSPS) is 12.2. The average molecular weight is 262 g/mol. The lowest BCUT2D eigenvalue weighted by molar-refractivity contribution is 0.405. The molecule has 0 spiro atoms. The highest BCUT2D eigenvalue weighted by atomic mass is 35.5. The topological polar surface area (TPSA) is 21.3 Å². The van der Waals surface area contributed by atoms with E-state index in [9.17, 15) is 0 Å². The molecule has 0 radical (unpaired) electrons. The lowest BCUT2D eigenvalue weighted by Crippen LogP contribution is -2.18. The summed E-state index contributed by atoms with van der Waals surface area (Å²) in [6, 6.07) is 16.1. The summed E-state index contributed by atoms with van der Waals surface area (Å²) in [5.41, 5.74) is 2.27. The van der Waals surface area contributed by atoms with E-state index in [-0.39, 0.29) is 6.04 Å². The van der Waals surface area contributed by atoms with Crippen LogP contribution in [-0.4, -0.2) is 14.2 Å². The van der Waals surface area contributed by atoms with Crippen molar-refractivity contribution in [1.29, 1.82) is 0 Å². The first-order chi connectivity index (χ1) is 8.76. The molecule has 18 heavy (non-hydrogen) atoms. The van der Waals surface area contributed by atoms with Crippen LogP contribution >= 0.6 is 11.6 Å². The van der Waals surface area contributed by atoms with Crippen LogP contribution in [0.25, 0.3) is 0 Å². The van der Waals surface area contributed by atoms with Crippen LogP contribution in [0.2, 0.25) is 5.02 Å². The van der Waals surface area contributed by atoms with Gasteiger partial charge in [0.05, 0.1) is 13.2 Å². The van der Waals surface area contributed by atoms with Crippen molar-refractivity contribution < 1.29 is 4.74 Å². The third-order valence-electron chi connectivity index (χ3n) is 2.93. The molecule has 2 rings (SSSR count). The Kier molecular flexibility index (Phi) is 4.24. The fraction of sp³-hybridized carbons (Fsp3) is 0.200. The molecule has 1 unspecified atom stereocenters. The van der Waals surface area contributed by atoms with E-state index < -0.39 is 0 Å². The van der Waals surface area contributed by atoms with Gasteiger partial charge in [-0.25, -0.2) is 0 Å². The van der Waals surface area contributed by atoms with E-state index in [0.717, 1.165) is 11.3 Å². The van der Waals surface area contributed by atoms with Gasteiger partial charge in [0, 0.05) is 10.6 Å². The standard InChI is InChI=1S/C15H16ClNO/c1-17-15(11-6-4-3-5-7-11)13-9-8-12(16)10-14(13)18-2/h3-10,15,17H,1-2H3. The van der Waals surface area contributed by atoms with E-state index in [4.69, 9.17) is 16.3 Å². The zero-order valence-corrected chi connectivity index (χ0v) is 11.2. The van der Waals surface area contributed by atoms with Crippen molar-refractivity contribution in [1.82, 2.24) is 5.32 Å². The van der Waals surface area contributed by atoms with Gasteiger partial charge in [0.2, 0.25) is 0 Å². The maximum atomic E-state index is 5.99. The zero-order chi connectivity index (χ0) is 13.0. The fourth-order valence-electron chi connectivity index (χ4n) is 2.07. The highest BCUT2D eigenvalue weighted by molar-refractivity contribution is 6.30. The Morgan fingerprint density at radius 3 is 2.44 bits per heavy atom. The van der Waals surface area contributed by atoms with E-state index in [1.807, 2.05) is 43.4 Å². The molecule has 0 bridgehead atoms. The van der Waals surface area contributed by atoms with Crippen LogP contribution in [0, 0.1) is 0 Å². The molecule has 0 aliphatic heterocycles. The first-order valence-corrected chi connectivity index (χ1v) is 6.19. The molecule has 0 aliphatic rings. The highest BCUT2D eigenvalue weighted by Crippen LogP contribution is 2.31. The van der Waals surface area contributed by atoms with Crippen LogP contribution in [-0.2, 0) is 0 Å². The second-order valence-electron chi connectivity index (χ2n) is 4.02.